The minimum atomic E-state index is -0.429. The number of nitrogens with one attached hydrogen (secondary N) is 2. The number of nitrogens with zero attached hydrogens (tertiary/aromatic N) is 6. The Kier molecular flexibility index (Phi) is 7.15. The van der Waals surface area contributed by atoms with Crippen molar-refractivity contribution in [1.29, 1.82) is 0 Å². The van der Waals surface area contributed by atoms with E-state index >= 15 is 0 Å². The Labute approximate surface area is 224 Å². The first kappa shape index (κ1) is 26.2. The summed E-state index contributed by atoms with van der Waals surface area (Å²) in [4.78, 5) is 20.3. The summed E-state index contributed by atoms with van der Waals surface area (Å²) in [6.45, 7) is 18.6. The molecule has 0 radical (unpaired) electrons. The fourth-order valence-electron chi connectivity index (χ4n) is 5.91. The molecular formula is C29H37FN8. The summed E-state index contributed by atoms with van der Waals surface area (Å²) in [5.41, 5.74) is 4.35. The van der Waals surface area contributed by atoms with E-state index in [1.807, 2.05) is 32.3 Å². The molecule has 2 fully saturated rings. The standard InChI is InChI=1S/C29H37FN8/c1-7-22(10-25-19(4)35-20(5)38(25)18(2)3)23-11-27(32-14-24(23)30)36-28-33-12-21(13-34-28)16-37-17-29(6)8-9-31-15-26(29)37/h7,10-14,18,26,31H,1,8-9,15-17H2,2-6H3,(H,32,33,34,36)/b22-10+/t26?,29-/m0/s1. The van der Waals surface area contributed by atoms with Gasteiger partial charge in [-0.3, -0.25) is 4.90 Å². The lowest BCUT2D eigenvalue weighted by atomic mass is 9.69. The minimum Gasteiger partial charge on any atom is -0.326 e. The lowest BCUT2D eigenvalue weighted by Gasteiger charge is -2.58. The maximum absolute atomic E-state index is 14.9. The number of fused-ring (bicyclic) bond motifs is 1. The summed E-state index contributed by atoms with van der Waals surface area (Å²) in [6.07, 6.45) is 9.71. The van der Waals surface area contributed by atoms with Gasteiger partial charge in [-0.15, -0.1) is 0 Å². The highest BCUT2D eigenvalue weighted by Crippen LogP contribution is 2.42. The van der Waals surface area contributed by atoms with Crippen LogP contribution < -0.4 is 10.6 Å². The molecule has 3 aromatic rings. The molecule has 3 aromatic heterocycles. The fraction of sp³-hybridized carbons (Fsp3) is 0.448. The fourth-order valence-corrected chi connectivity index (χ4v) is 5.91. The van der Waals surface area contributed by atoms with E-state index in [0.29, 0.717) is 34.4 Å². The van der Waals surface area contributed by atoms with E-state index in [1.54, 1.807) is 12.1 Å². The van der Waals surface area contributed by atoms with Crippen LogP contribution >= 0.6 is 0 Å². The average Bonchev–Trinajstić information content (AvgIpc) is 3.16. The van der Waals surface area contributed by atoms with Gasteiger partial charge in [-0.25, -0.2) is 24.3 Å². The molecule has 0 amide bonds. The zero-order chi connectivity index (χ0) is 27.0. The third kappa shape index (κ3) is 5.00. The van der Waals surface area contributed by atoms with E-state index in [-0.39, 0.29) is 6.04 Å². The normalized spacial score (nSPS) is 21.8. The van der Waals surface area contributed by atoms with Crippen molar-refractivity contribution in [1.82, 2.24) is 34.7 Å². The van der Waals surface area contributed by atoms with Crippen LogP contribution in [0.4, 0.5) is 16.2 Å². The number of rotatable bonds is 8. The van der Waals surface area contributed by atoms with Crippen LogP contribution in [0, 0.1) is 25.1 Å². The van der Waals surface area contributed by atoms with Crippen LogP contribution in [0.2, 0.25) is 0 Å². The van der Waals surface area contributed by atoms with Crippen molar-refractivity contribution < 1.29 is 4.39 Å². The van der Waals surface area contributed by atoms with Crippen LogP contribution in [-0.2, 0) is 6.54 Å². The minimum absolute atomic E-state index is 0.220. The van der Waals surface area contributed by atoms with Crippen LogP contribution in [0.1, 0.15) is 61.6 Å². The molecule has 2 N–H and O–H groups in total. The Hall–Kier alpha value is -3.43. The van der Waals surface area contributed by atoms with Crippen molar-refractivity contribution in [2.45, 2.75) is 59.7 Å². The monoisotopic (exact) mass is 516 g/mol. The van der Waals surface area contributed by atoms with Crippen molar-refractivity contribution in [2.75, 3.05) is 25.0 Å². The number of piperidine rings is 1. The smallest absolute Gasteiger partial charge is 0.228 e. The number of aromatic nitrogens is 5. The second kappa shape index (κ2) is 10.4. The molecule has 2 saturated heterocycles. The molecule has 5 rings (SSSR count). The number of pyridine rings is 1. The number of allylic oxidation sites excluding steroid dienone is 2. The van der Waals surface area contributed by atoms with E-state index < -0.39 is 5.82 Å². The number of aryl methyl sites for hydroxylation is 2. The summed E-state index contributed by atoms with van der Waals surface area (Å²) < 4.78 is 17.1. The van der Waals surface area contributed by atoms with Gasteiger partial charge >= 0.3 is 0 Å². The summed E-state index contributed by atoms with van der Waals surface area (Å²) in [6, 6.07) is 2.45. The predicted octanol–water partition coefficient (Wildman–Crippen LogP) is 5.06. The SMILES string of the molecule is C=C/C(=C\c1c(C)nc(C)n1C(C)C)c1cc(Nc2ncc(CN3C[C@]4(C)CCNCC34)cn2)ncc1F. The number of hydrogen-bond acceptors (Lipinski definition) is 7. The molecule has 200 valence electrons. The summed E-state index contributed by atoms with van der Waals surface area (Å²) in [5, 5.41) is 6.62. The highest BCUT2D eigenvalue weighted by molar-refractivity contribution is 5.88. The first-order valence-corrected chi connectivity index (χ1v) is 13.3. The van der Waals surface area contributed by atoms with Gasteiger partial charge in [0.2, 0.25) is 5.95 Å². The number of halogens is 1. The van der Waals surface area contributed by atoms with E-state index in [1.165, 1.54) is 12.6 Å². The molecule has 5 heterocycles. The maximum atomic E-state index is 14.9. The highest BCUT2D eigenvalue weighted by Gasteiger charge is 2.49. The van der Waals surface area contributed by atoms with E-state index in [0.717, 1.165) is 49.0 Å². The Balaban J connectivity index is 1.32. The first-order valence-electron chi connectivity index (χ1n) is 13.3. The molecule has 9 heteroatoms. The Morgan fingerprint density at radius 2 is 2.03 bits per heavy atom. The molecule has 0 aliphatic carbocycles. The van der Waals surface area contributed by atoms with Crippen LogP contribution in [0.3, 0.4) is 0 Å². The Morgan fingerprint density at radius 3 is 2.71 bits per heavy atom. The van der Waals surface area contributed by atoms with E-state index in [4.69, 9.17) is 0 Å². The Bertz CT molecular complexity index is 1360. The van der Waals surface area contributed by atoms with Gasteiger partial charge in [0.15, 0.2) is 0 Å². The van der Waals surface area contributed by atoms with Gasteiger partial charge in [-0.2, -0.15) is 0 Å². The molecule has 8 nitrogen and oxygen atoms in total. The second-order valence-electron chi connectivity index (χ2n) is 11.0. The lowest BCUT2D eigenvalue weighted by molar-refractivity contribution is -0.0862. The molecule has 38 heavy (non-hydrogen) atoms. The Morgan fingerprint density at radius 1 is 1.26 bits per heavy atom. The largest absolute Gasteiger partial charge is 0.326 e. The first-order chi connectivity index (χ1) is 18.2. The molecular weight excluding hydrogens is 479 g/mol. The number of likely N-dealkylation sites (tertiary alicyclic amines) is 1. The highest BCUT2D eigenvalue weighted by atomic mass is 19.1. The van der Waals surface area contributed by atoms with Crippen LogP contribution in [0.5, 0.6) is 0 Å². The summed E-state index contributed by atoms with van der Waals surface area (Å²) in [5.74, 6) is 1.37. The van der Waals surface area contributed by atoms with E-state index in [2.05, 4.69) is 67.4 Å². The maximum Gasteiger partial charge on any atom is 0.228 e. The van der Waals surface area contributed by atoms with Crippen molar-refractivity contribution in [3.05, 3.63) is 71.5 Å². The van der Waals surface area contributed by atoms with Crippen molar-refractivity contribution in [2.24, 2.45) is 5.41 Å². The molecule has 0 spiro atoms. The number of imidazole rings is 1. The van der Waals surface area contributed by atoms with Crippen LogP contribution in [-0.4, -0.2) is 55.1 Å². The van der Waals surface area contributed by atoms with Gasteiger partial charge in [-0.1, -0.05) is 19.6 Å². The topological polar surface area (TPSA) is 83.8 Å². The van der Waals surface area contributed by atoms with Crippen molar-refractivity contribution >= 4 is 23.4 Å². The lowest BCUT2D eigenvalue weighted by Crippen LogP contribution is -2.69. The van der Waals surface area contributed by atoms with Gasteiger partial charge in [0.25, 0.3) is 0 Å². The predicted molar refractivity (Wildman–Crippen MR) is 149 cm³/mol. The summed E-state index contributed by atoms with van der Waals surface area (Å²) >= 11 is 0. The van der Waals surface area contributed by atoms with Crippen molar-refractivity contribution in [3.8, 4) is 0 Å². The van der Waals surface area contributed by atoms with Crippen molar-refractivity contribution in [3.63, 3.8) is 0 Å². The zero-order valence-electron chi connectivity index (χ0n) is 22.9. The van der Waals surface area contributed by atoms with Gasteiger partial charge < -0.3 is 15.2 Å². The molecule has 0 bridgehead atoms. The second-order valence-corrected chi connectivity index (χ2v) is 11.0. The summed E-state index contributed by atoms with van der Waals surface area (Å²) in [7, 11) is 0. The van der Waals surface area contributed by atoms with E-state index in [9.17, 15) is 4.39 Å². The quantitative estimate of drug-likeness (QED) is 0.405. The molecule has 0 saturated carbocycles. The van der Waals surface area contributed by atoms with Gasteiger partial charge in [0.1, 0.15) is 17.5 Å². The average molecular weight is 517 g/mol. The van der Waals surface area contributed by atoms with Gasteiger partial charge in [-0.05, 0) is 63.8 Å². The molecule has 1 unspecified atom stereocenters. The zero-order valence-corrected chi connectivity index (χ0v) is 22.9. The third-order valence-corrected chi connectivity index (χ3v) is 7.85. The van der Waals surface area contributed by atoms with Crippen LogP contribution in [0.25, 0.3) is 11.6 Å². The third-order valence-electron chi connectivity index (χ3n) is 7.85. The number of hydrogen-bond donors (Lipinski definition) is 2. The molecule has 2 atom stereocenters. The molecule has 0 aromatic carbocycles. The van der Waals surface area contributed by atoms with Gasteiger partial charge in [0.05, 0.1) is 17.6 Å². The molecule has 2 aliphatic heterocycles. The molecule has 2 aliphatic rings. The van der Waals surface area contributed by atoms with Gasteiger partial charge in [0, 0.05) is 55.2 Å². The number of anilines is 2. The van der Waals surface area contributed by atoms with Crippen LogP contribution in [0.15, 0.2) is 37.3 Å².